The van der Waals surface area contributed by atoms with E-state index in [0.717, 1.165) is 0 Å². The van der Waals surface area contributed by atoms with Gasteiger partial charge in [0.2, 0.25) is 0 Å². The molecular weight excluding hydrogens is 332 g/mol. The van der Waals surface area contributed by atoms with Crippen LogP contribution in [0.15, 0.2) is 59.5 Å². The molecule has 1 aromatic carbocycles. The predicted molar refractivity (Wildman–Crippen MR) is 89.3 cm³/mol. The number of benzene rings is 1. The fraction of sp³-hybridized carbons (Fsp3) is 0.125. The number of aromatic nitrogens is 2. The molecule has 3 N–H and O–H groups in total. The van der Waals surface area contributed by atoms with E-state index in [4.69, 9.17) is 16.0 Å². The van der Waals surface area contributed by atoms with Crippen LogP contribution in [0, 0.1) is 0 Å². The first-order chi connectivity index (χ1) is 11.6. The van der Waals surface area contributed by atoms with E-state index in [1.807, 2.05) is 18.2 Å². The number of hydrogen-bond acceptors (Lipinski definition) is 4. The number of nitrogens with zero attached hydrogens (tertiary/aromatic N) is 2. The van der Waals surface area contributed by atoms with Crippen molar-refractivity contribution in [2.24, 2.45) is 0 Å². The van der Waals surface area contributed by atoms with Crippen molar-refractivity contribution in [3.8, 4) is 5.69 Å². The molecule has 7 nitrogen and oxygen atoms in total. The van der Waals surface area contributed by atoms with Crippen LogP contribution < -0.4 is 10.6 Å². The summed E-state index contributed by atoms with van der Waals surface area (Å²) >= 11 is 6.11. The normalized spacial score (nSPS) is 11.9. The second-order valence-electron chi connectivity index (χ2n) is 4.99. The van der Waals surface area contributed by atoms with Crippen molar-refractivity contribution < 1.29 is 14.3 Å². The average Bonchev–Trinajstić information content (AvgIpc) is 3.25. The number of carbonyl (C=O) groups is 1. The minimum absolute atomic E-state index is 0.0258. The molecule has 0 radical (unpaired) electrons. The maximum Gasteiger partial charge on any atom is 0.319 e. The van der Waals surface area contributed by atoms with Crippen molar-refractivity contribution in [3.63, 3.8) is 0 Å². The Kier molecular flexibility index (Phi) is 4.83. The van der Waals surface area contributed by atoms with Gasteiger partial charge in [0, 0.05) is 0 Å². The van der Waals surface area contributed by atoms with Crippen LogP contribution in [0.2, 0.25) is 5.02 Å². The van der Waals surface area contributed by atoms with Crippen LogP contribution in [0.5, 0.6) is 0 Å². The molecular formula is C16H15ClN4O3. The number of amides is 2. The molecule has 0 aliphatic heterocycles. The number of urea groups is 1. The number of anilines is 1. The van der Waals surface area contributed by atoms with Gasteiger partial charge < -0.3 is 20.2 Å². The highest BCUT2D eigenvalue weighted by Gasteiger charge is 2.12. The zero-order chi connectivity index (χ0) is 16.9. The van der Waals surface area contributed by atoms with Crippen molar-refractivity contribution in [2.45, 2.75) is 6.10 Å². The number of furan rings is 1. The molecule has 0 aliphatic carbocycles. The lowest BCUT2D eigenvalue weighted by molar-refractivity contribution is 0.149. The Labute approximate surface area is 142 Å². The number of hydrogen-bond donors (Lipinski definition) is 3. The van der Waals surface area contributed by atoms with Gasteiger partial charge in [-0.15, -0.1) is 0 Å². The van der Waals surface area contributed by atoms with Crippen LogP contribution in [-0.4, -0.2) is 27.5 Å². The van der Waals surface area contributed by atoms with E-state index in [0.29, 0.717) is 22.2 Å². The minimum Gasteiger partial charge on any atom is -0.467 e. The molecule has 8 heteroatoms. The Morgan fingerprint density at radius 3 is 2.92 bits per heavy atom. The largest absolute Gasteiger partial charge is 0.467 e. The van der Waals surface area contributed by atoms with E-state index in [1.165, 1.54) is 12.5 Å². The molecule has 2 heterocycles. The second kappa shape index (κ2) is 7.20. The quantitative estimate of drug-likeness (QED) is 0.662. The third-order valence-corrected chi connectivity index (χ3v) is 3.59. The SMILES string of the molecule is O=C(NC[C@@H](O)c1ccco1)Nc1cnn(-c2ccccc2Cl)c1. The summed E-state index contributed by atoms with van der Waals surface area (Å²) in [4.78, 5) is 11.9. The molecule has 0 saturated carbocycles. The summed E-state index contributed by atoms with van der Waals surface area (Å²) in [5, 5.41) is 19.7. The molecule has 0 unspecified atom stereocenters. The number of nitrogens with one attached hydrogen (secondary N) is 2. The fourth-order valence-electron chi connectivity index (χ4n) is 2.10. The lowest BCUT2D eigenvalue weighted by Gasteiger charge is -2.09. The first-order valence-electron chi connectivity index (χ1n) is 7.19. The first kappa shape index (κ1) is 16.1. The average molecular weight is 347 g/mol. The van der Waals surface area contributed by atoms with Gasteiger partial charge in [-0.2, -0.15) is 5.10 Å². The summed E-state index contributed by atoms with van der Waals surface area (Å²) < 4.78 is 6.63. The summed E-state index contributed by atoms with van der Waals surface area (Å²) in [5.41, 5.74) is 1.21. The summed E-state index contributed by atoms with van der Waals surface area (Å²) in [7, 11) is 0. The molecule has 2 amide bonds. The highest BCUT2D eigenvalue weighted by molar-refractivity contribution is 6.32. The Hall–Kier alpha value is -2.77. The van der Waals surface area contributed by atoms with Gasteiger partial charge in [0.25, 0.3) is 0 Å². The molecule has 3 rings (SSSR count). The number of halogens is 1. The zero-order valence-electron chi connectivity index (χ0n) is 12.5. The van der Waals surface area contributed by atoms with E-state index in [1.54, 1.807) is 29.1 Å². The van der Waals surface area contributed by atoms with E-state index < -0.39 is 12.1 Å². The molecule has 0 fully saturated rings. The van der Waals surface area contributed by atoms with Gasteiger partial charge in [-0.3, -0.25) is 0 Å². The van der Waals surface area contributed by atoms with Crippen LogP contribution in [0.3, 0.4) is 0 Å². The number of rotatable bonds is 5. The third-order valence-electron chi connectivity index (χ3n) is 3.27. The maximum atomic E-state index is 11.9. The van der Waals surface area contributed by atoms with E-state index in [-0.39, 0.29) is 6.54 Å². The van der Waals surface area contributed by atoms with E-state index in [9.17, 15) is 9.90 Å². The van der Waals surface area contributed by atoms with Crippen molar-refractivity contribution >= 4 is 23.3 Å². The van der Waals surface area contributed by atoms with Crippen molar-refractivity contribution in [1.29, 1.82) is 0 Å². The molecule has 24 heavy (non-hydrogen) atoms. The Balaban J connectivity index is 1.57. The number of aliphatic hydroxyl groups excluding tert-OH is 1. The molecule has 2 aromatic heterocycles. The molecule has 3 aromatic rings. The lowest BCUT2D eigenvalue weighted by atomic mass is 10.3. The van der Waals surface area contributed by atoms with Gasteiger partial charge in [0.05, 0.1) is 41.6 Å². The van der Waals surface area contributed by atoms with Crippen molar-refractivity contribution in [2.75, 3.05) is 11.9 Å². The Morgan fingerprint density at radius 2 is 2.17 bits per heavy atom. The Morgan fingerprint density at radius 1 is 1.33 bits per heavy atom. The van der Waals surface area contributed by atoms with E-state index in [2.05, 4.69) is 15.7 Å². The highest BCUT2D eigenvalue weighted by atomic mass is 35.5. The number of carbonyl (C=O) groups excluding carboxylic acids is 1. The van der Waals surface area contributed by atoms with Crippen LogP contribution in [0.25, 0.3) is 5.69 Å². The maximum absolute atomic E-state index is 11.9. The molecule has 124 valence electrons. The summed E-state index contributed by atoms with van der Waals surface area (Å²) in [6.45, 7) is 0.0258. The predicted octanol–water partition coefficient (Wildman–Crippen LogP) is 2.97. The zero-order valence-corrected chi connectivity index (χ0v) is 13.3. The topological polar surface area (TPSA) is 92.3 Å². The van der Waals surface area contributed by atoms with Crippen LogP contribution in [0.4, 0.5) is 10.5 Å². The van der Waals surface area contributed by atoms with Crippen LogP contribution in [-0.2, 0) is 0 Å². The number of aliphatic hydroxyl groups is 1. The lowest BCUT2D eigenvalue weighted by Crippen LogP contribution is -2.32. The van der Waals surface area contributed by atoms with Crippen molar-refractivity contribution in [1.82, 2.24) is 15.1 Å². The first-order valence-corrected chi connectivity index (χ1v) is 7.57. The van der Waals surface area contributed by atoms with Gasteiger partial charge in [-0.1, -0.05) is 23.7 Å². The Bertz CT molecular complexity index is 816. The van der Waals surface area contributed by atoms with Gasteiger partial charge in [-0.05, 0) is 24.3 Å². The van der Waals surface area contributed by atoms with Gasteiger partial charge in [0.15, 0.2) is 0 Å². The molecule has 0 bridgehead atoms. The van der Waals surface area contributed by atoms with Gasteiger partial charge in [-0.25, -0.2) is 9.48 Å². The van der Waals surface area contributed by atoms with Crippen molar-refractivity contribution in [3.05, 3.63) is 65.8 Å². The highest BCUT2D eigenvalue weighted by Crippen LogP contribution is 2.20. The minimum atomic E-state index is -0.906. The standard InChI is InChI=1S/C16H15ClN4O3/c17-12-4-1-2-5-13(12)21-10-11(8-19-21)20-16(23)18-9-14(22)15-6-3-7-24-15/h1-8,10,14,22H,9H2,(H2,18,20,23)/t14-/m1/s1. The van der Waals surface area contributed by atoms with Gasteiger partial charge >= 0.3 is 6.03 Å². The molecule has 0 saturated heterocycles. The third kappa shape index (κ3) is 3.76. The second-order valence-corrected chi connectivity index (χ2v) is 5.40. The monoisotopic (exact) mass is 346 g/mol. The number of para-hydroxylation sites is 1. The fourth-order valence-corrected chi connectivity index (χ4v) is 2.33. The van der Waals surface area contributed by atoms with Gasteiger partial charge in [0.1, 0.15) is 11.9 Å². The molecule has 1 atom stereocenters. The molecule has 0 spiro atoms. The van der Waals surface area contributed by atoms with Crippen LogP contribution >= 0.6 is 11.6 Å². The van der Waals surface area contributed by atoms with E-state index >= 15 is 0 Å². The summed E-state index contributed by atoms with van der Waals surface area (Å²) in [6, 6.07) is 10.1. The summed E-state index contributed by atoms with van der Waals surface area (Å²) in [5.74, 6) is 0.391. The van der Waals surface area contributed by atoms with Crippen LogP contribution in [0.1, 0.15) is 11.9 Å². The smallest absolute Gasteiger partial charge is 0.319 e. The summed E-state index contributed by atoms with van der Waals surface area (Å²) in [6.07, 6.45) is 3.70. The molecule has 0 aliphatic rings.